The maximum absolute atomic E-state index is 14.1. The number of hydrogen-bond acceptors (Lipinski definition) is 4. The Balaban J connectivity index is 1.60. The largest absolute Gasteiger partial charge is 0.328 e. The van der Waals surface area contributed by atoms with E-state index in [0.717, 1.165) is 35.7 Å². The van der Waals surface area contributed by atoms with Gasteiger partial charge in [0.2, 0.25) is 5.91 Å². The second kappa shape index (κ2) is 9.89. The molecule has 0 saturated heterocycles. The van der Waals surface area contributed by atoms with E-state index in [1.165, 1.54) is 12.1 Å². The van der Waals surface area contributed by atoms with Crippen molar-refractivity contribution in [2.45, 2.75) is 38.4 Å². The molecule has 6 nitrogen and oxygen atoms in total. The lowest BCUT2D eigenvalue weighted by Gasteiger charge is -2.36. The van der Waals surface area contributed by atoms with Crippen LogP contribution in [0.3, 0.4) is 0 Å². The number of fused-ring (bicyclic) bond motifs is 1. The molecule has 0 unspecified atom stereocenters. The number of carbonyl (C=O) groups excluding carboxylic acids is 1. The molecule has 1 aromatic carbocycles. The summed E-state index contributed by atoms with van der Waals surface area (Å²) in [5, 5.41) is 4.83. The van der Waals surface area contributed by atoms with Gasteiger partial charge in [0, 0.05) is 36.1 Å². The average molecular weight is 496 g/mol. The number of hydrogen-bond donors (Lipinski definition) is 0. The molecule has 0 radical (unpaired) electrons. The van der Waals surface area contributed by atoms with Gasteiger partial charge in [0.25, 0.3) is 6.43 Å². The van der Waals surface area contributed by atoms with Crippen molar-refractivity contribution in [2.24, 2.45) is 5.92 Å². The van der Waals surface area contributed by atoms with Gasteiger partial charge in [-0.2, -0.15) is 5.10 Å². The van der Waals surface area contributed by atoms with E-state index in [9.17, 15) is 18.0 Å². The van der Waals surface area contributed by atoms with Crippen LogP contribution >= 0.6 is 0 Å². The van der Waals surface area contributed by atoms with E-state index in [4.69, 9.17) is 5.10 Å². The molecule has 2 aromatic heterocycles. The third-order valence-corrected chi connectivity index (χ3v) is 6.79. The lowest BCUT2D eigenvalue weighted by molar-refractivity contribution is -0.130. The van der Waals surface area contributed by atoms with Crippen LogP contribution in [0.1, 0.15) is 30.5 Å². The van der Waals surface area contributed by atoms with Crippen LogP contribution in [0.2, 0.25) is 0 Å². The van der Waals surface area contributed by atoms with Crippen molar-refractivity contribution in [1.29, 1.82) is 0 Å². The zero-order chi connectivity index (χ0) is 25.4. The van der Waals surface area contributed by atoms with Crippen LogP contribution in [-0.2, 0) is 17.9 Å². The van der Waals surface area contributed by atoms with Crippen molar-refractivity contribution in [3.8, 4) is 22.4 Å². The Hall–Kier alpha value is -3.46. The first kappa shape index (κ1) is 24.2. The zero-order valence-electron chi connectivity index (χ0n) is 20.2. The first-order valence-corrected chi connectivity index (χ1v) is 12.0. The number of aromatic nitrogens is 3. The van der Waals surface area contributed by atoms with Crippen molar-refractivity contribution in [1.82, 2.24) is 24.6 Å². The van der Waals surface area contributed by atoms with Gasteiger partial charge in [-0.3, -0.25) is 14.5 Å². The first-order valence-electron chi connectivity index (χ1n) is 12.0. The topological polar surface area (TPSA) is 54.3 Å². The number of likely N-dealkylation sites (N-methyl/N-ethyl adjacent to an activating group) is 1. The molecule has 1 saturated carbocycles. The molecule has 0 spiro atoms. The van der Waals surface area contributed by atoms with Crippen molar-refractivity contribution in [3.63, 3.8) is 0 Å². The van der Waals surface area contributed by atoms with Gasteiger partial charge < -0.3 is 9.80 Å². The van der Waals surface area contributed by atoms with Gasteiger partial charge in [-0.1, -0.05) is 6.08 Å². The molecule has 2 aliphatic rings. The monoisotopic (exact) mass is 495 g/mol. The summed E-state index contributed by atoms with van der Waals surface area (Å²) in [4.78, 5) is 21.3. The van der Waals surface area contributed by atoms with Gasteiger partial charge in [-0.25, -0.2) is 13.2 Å². The highest BCUT2D eigenvalue weighted by molar-refractivity contribution is 5.89. The number of pyridine rings is 1. The summed E-state index contributed by atoms with van der Waals surface area (Å²) in [6.45, 7) is 1.53. The molecule has 1 amide bonds. The van der Waals surface area contributed by atoms with E-state index in [1.54, 1.807) is 18.5 Å². The molecule has 1 atom stereocenters. The van der Waals surface area contributed by atoms with Crippen LogP contribution < -0.4 is 0 Å². The van der Waals surface area contributed by atoms with Crippen LogP contribution in [-0.4, -0.2) is 57.2 Å². The Morgan fingerprint density at radius 3 is 2.58 bits per heavy atom. The van der Waals surface area contributed by atoms with Gasteiger partial charge >= 0.3 is 0 Å². The van der Waals surface area contributed by atoms with E-state index in [0.29, 0.717) is 36.8 Å². The minimum absolute atomic E-state index is 0.0110. The summed E-state index contributed by atoms with van der Waals surface area (Å²) >= 11 is 0. The van der Waals surface area contributed by atoms with E-state index < -0.39 is 17.8 Å². The maximum atomic E-state index is 14.1. The number of benzene rings is 1. The maximum Gasteiger partial charge on any atom is 0.266 e. The molecule has 0 bridgehead atoms. The Bertz CT molecular complexity index is 1280. The Kier molecular flexibility index (Phi) is 6.66. The first-order chi connectivity index (χ1) is 17.3. The van der Waals surface area contributed by atoms with E-state index >= 15 is 0 Å². The molecule has 9 heteroatoms. The molecular formula is C27H28F3N5O. The molecule has 1 aliphatic carbocycles. The molecule has 3 aromatic rings. The number of amides is 1. The fraction of sp³-hybridized carbons (Fsp3) is 0.370. The SMILES string of the molecule is CN(C)C/C=C/C(=O)N1Cc2c(-c3ccncc3)c(-c3ccc(F)c(C(F)F)c3)nn2C[C@@H]1C1CC1. The third-order valence-electron chi connectivity index (χ3n) is 6.79. The van der Waals surface area contributed by atoms with Crippen LogP contribution in [0, 0.1) is 11.7 Å². The van der Waals surface area contributed by atoms with Crippen LogP contribution in [0.25, 0.3) is 22.4 Å². The molecule has 5 rings (SSSR count). The highest BCUT2D eigenvalue weighted by Gasteiger charge is 2.41. The summed E-state index contributed by atoms with van der Waals surface area (Å²) in [5.41, 5.74) is 2.62. The van der Waals surface area contributed by atoms with Crippen molar-refractivity contribution in [3.05, 3.63) is 72.0 Å². The number of alkyl halides is 2. The van der Waals surface area contributed by atoms with Gasteiger partial charge in [0.15, 0.2) is 0 Å². The highest BCUT2D eigenvalue weighted by Crippen LogP contribution is 2.43. The average Bonchev–Trinajstić information content (AvgIpc) is 3.64. The quantitative estimate of drug-likeness (QED) is 0.437. The second-order valence-corrected chi connectivity index (χ2v) is 9.66. The fourth-order valence-corrected chi connectivity index (χ4v) is 4.83. The highest BCUT2D eigenvalue weighted by atomic mass is 19.3. The molecule has 188 valence electrons. The normalized spacial score (nSPS) is 17.9. The Labute approximate surface area is 208 Å². The summed E-state index contributed by atoms with van der Waals surface area (Å²) in [7, 11) is 3.89. The van der Waals surface area contributed by atoms with Crippen LogP contribution in [0.4, 0.5) is 13.2 Å². The molecule has 0 N–H and O–H groups in total. The number of halogens is 3. The minimum atomic E-state index is -2.94. The zero-order valence-corrected chi connectivity index (χ0v) is 20.2. The number of carbonyl (C=O) groups is 1. The fourth-order valence-electron chi connectivity index (χ4n) is 4.83. The molecule has 1 aliphatic heterocycles. The molecular weight excluding hydrogens is 467 g/mol. The molecule has 1 fully saturated rings. The Morgan fingerprint density at radius 1 is 1.17 bits per heavy atom. The predicted molar refractivity (Wildman–Crippen MR) is 131 cm³/mol. The minimum Gasteiger partial charge on any atom is -0.328 e. The molecule has 3 heterocycles. The van der Waals surface area contributed by atoms with Gasteiger partial charge in [0.1, 0.15) is 11.5 Å². The van der Waals surface area contributed by atoms with Crippen LogP contribution in [0.5, 0.6) is 0 Å². The van der Waals surface area contributed by atoms with Crippen molar-refractivity contribution in [2.75, 3.05) is 20.6 Å². The second-order valence-electron chi connectivity index (χ2n) is 9.66. The van der Waals surface area contributed by atoms with Crippen molar-refractivity contribution < 1.29 is 18.0 Å². The van der Waals surface area contributed by atoms with Gasteiger partial charge in [0.05, 0.1) is 30.4 Å². The van der Waals surface area contributed by atoms with E-state index in [2.05, 4.69) is 4.98 Å². The van der Waals surface area contributed by atoms with Gasteiger partial charge in [-0.05, 0) is 68.8 Å². The standard InChI is InChI=1S/C27H28F3N5O/c1-33(2)13-3-4-24(36)34-15-23-25(18-9-11-31-12-10-18)26(32-35(23)16-22(34)17-5-6-17)19-7-8-21(28)20(14-19)27(29)30/h3-4,7-12,14,17,22,27H,5-6,13,15-16H2,1-2H3/b4-3+/t22-/m1/s1. The van der Waals surface area contributed by atoms with Crippen LogP contribution in [0.15, 0.2) is 54.9 Å². The lowest BCUT2D eigenvalue weighted by Crippen LogP contribution is -2.47. The summed E-state index contributed by atoms with van der Waals surface area (Å²) in [6.07, 6.45) is 5.98. The summed E-state index contributed by atoms with van der Waals surface area (Å²) in [6, 6.07) is 7.38. The van der Waals surface area contributed by atoms with E-state index in [-0.39, 0.29) is 11.9 Å². The van der Waals surface area contributed by atoms with Gasteiger partial charge in [-0.15, -0.1) is 0 Å². The smallest absolute Gasteiger partial charge is 0.266 e. The molecule has 36 heavy (non-hydrogen) atoms. The summed E-state index contributed by atoms with van der Waals surface area (Å²) in [5.74, 6) is -0.582. The number of rotatable bonds is 7. The van der Waals surface area contributed by atoms with Crippen molar-refractivity contribution >= 4 is 5.91 Å². The van der Waals surface area contributed by atoms with E-state index in [1.807, 2.05) is 46.8 Å². The Morgan fingerprint density at radius 2 is 1.92 bits per heavy atom. The summed E-state index contributed by atoms with van der Waals surface area (Å²) < 4.78 is 42.9. The number of nitrogens with zero attached hydrogens (tertiary/aromatic N) is 5. The third kappa shape index (κ3) is 4.80. The lowest BCUT2D eigenvalue weighted by atomic mass is 9.96. The predicted octanol–water partition coefficient (Wildman–Crippen LogP) is 4.93.